The molecule has 0 radical (unpaired) electrons. The molecule has 1 aliphatic rings. The number of carboxylic acid groups (broad SMARTS) is 1. The SMILES string of the molecule is CCCCC(NC(=O)CN1C(=O)/C(=C/C(C)=C/c2ccccc2)SC1=S)C(=O)O. The van der Waals surface area contributed by atoms with E-state index >= 15 is 0 Å². The Hall–Kier alpha value is -2.45. The zero-order chi connectivity index (χ0) is 21.4. The number of nitrogens with one attached hydrogen (secondary N) is 1. The molecule has 0 saturated carbocycles. The van der Waals surface area contributed by atoms with Gasteiger partial charge < -0.3 is 10.4 Å². The third kappa shape index (κ3) is 6.83. The van der Waals surface area contributed by atoms with Crippen molar-refractivity contribution < 1.29 is 19.5 Å². The summed E-state index contributed by atoms with van der Waals surface area (Å²) in [7, 11) is 0. The van der Waals surface area contributed by atoms with Crippen molar-refractivity contribution in [2.75, 3.05) is 6.54 Å². The van der Waals surface area contributed by atoms with E-state index in [1.54, 1.807) is 6.08 Å². The number of nitrogens with zero attached hydrogens (tertiary/aromatic N) is 1. The van der Waals surface area contributed by atoms with Gasteiger partial charge in [-0.15, -0.1) is 0 Å². The molecule has 0 spiro atoms. The van der Waals surface area contributed by atoms with Crippen LogP contribution in [0.25, 0.3) is 6.08 Å². The number of benzene rings is 1. The second kappa shape index (κ2) is 10.9. The maximum atomic E-state index is 12.7. The van der Waals surface area contributed by atoms with E-state index in [1.165, 1.54) is 4.90 Å². The van der Waals surface area contributed by atoms with Crippen LogP contribution in [0.2, 0.25) is 0 Å². The summed E-state index contributed by atoms with van der Waals surface area (Å²) in [5, 5.41) is 11.7. The van der Waals surface area contributed by atoms with Crippen molar-refractivity contribution in [2.24, 2.45) is 0 Å². The molecule has 0 bridgehead atoms. The molecule has 154 valence electrons. The Morgan fingerprint density at radius 1 is 1.31 bits per heavy atom. The van der Waals surface area contributed by atoms with Crippen molar-refractivity contribution in [1.29, 1.82) is 0 Å². The summed E-state index contributed by atoms with van der Waals surface area (Å²) < 4.78 is 0.282. The Kier molecular flexibility index (Phi) is 8.60. The predicted molar refractivity (Wildman–Crippen MR) is 119 cm³/mol. The maximum Gasteiger partial charge on any atom is 0.326 e. The quantitative estimate of drug-likeness (QED) is 0.458. The number of carbonyl (C=O) groups excluding carboxylic acids is 2. The summed E-state index contributed by atoms with van der Waals surface area (Å²) in [5.74, 6) is -1.97. The van der Waals surface area contributed by atoms with E-state index < -0.39 is 17.9 Å². The lowest BCUT2D eigenvalue weighted by atomic mass is 10.1. The predicted octanol–water partition coefficient (Wildman–Crippen LogP) is 3.59. The lowest BCUT2D eigenvalue weighted by Crippen LogP contribution is -2.46. The zero-order valence-corrected chi connectivity index (χ0v) is 18.0. The summed E-state index contributed by atoms with van der Waals surface area (Å²) in [6, 6.07) is 8.76. The van der Waals surface area contributed by atoms with E-state index in [0.29, 0.717) is 17.7 Å². The van der Waals surface area contributed by atoms with Crippen LogP contribution in [0.5, 0.6) is 0 Å². The van der Waals surface area contributed by atoms with Crippen LogP contribution in [0.15, 0.2) is 46.9 Å². The summed E-state index contributed by atoms with van der Waals surface area (Å²) >= 11 is 6.38. The number of amides is 2. The number of hydrogen-bond donors (Lipinski definition) is 2. The highest BCUT2D eigenvalue weighted by atomic mass is 32.2. The number of thioether (sulfide) groups is 1. The Morgan fingerprint density at radius 3 is 2.62 bits per heavy atom. The first-order chi connectivity index (χ1) is 13.8. The molecular weight excluding hydrogens is 408 g/mol. The molecule has 2 N–H and O–H groups in total. The minimum absolute atomic E-state index is 0.282. The number of carbonyl (C=O) groups is 3. The number of rotatable bonds is 9. The van der Waals surface area contributed by atoms with Crippen LogP contribution in [0.3, 0.4) is 0 Å². The summed E-state index contributed by atoms with van der Waals surface area (Å²) in [4.78, 5) is 37.9. The topological polar surface area (TPSA) is 86.7 Å². The number of unbranched alkanes of at least 4 members (excludes halogenated alkanes) is 1. The van der Waals surface area contributed by atoms with Crippen LogP contribution in [-0.4, -0.2) is 44.7 Å². The number of thiocarbonyl (C=S) groups is 1. The highest BCUT2D eigenvalue weighted by Gasteiger charge is 2.34. The van der Waals surface area contributed by atoms with Gasteiger partial charge in [0, 0.05) is 0 Å². The average Bonchev–Trinajstić information content (AvgIpc) is 2.92. The molecule has 8 heteroatoms. The minimum Gasteiger partial charge on any atom is -0.480 e. The lowest BCUT2D eigenvalue weighted by Gasteiger charge is -2.18. The first kappa shape index (κ1) is 22.8. The van der Waals surface area contributed by atoms with E-state index in [-0.39, 0.29) is 16.8 Å². The first-order valence-electron chi connectivity index (χ1n) is 9.32. The van der Waals surface area contributed by atoms with Gasteiger partial charge in [-0.05, 0) is 30.6 Å². The third-order valence-electron chi connectivity index (χ3n) is 4.21. The summed E-state index contributed by atoms with van der Waals surface area (Å²) in [6.07, 6.45) is 5.55. The molecular formula is C21H24N2O4S2. The van der Waals surface area contributed by atoms with E-state index in [2.05, 4.69) is 5.32 Å². The molecule has 1 atom stereocenters. The van der Waals surface area contributed by atoms with Gasteiger partial charge in [-0.25, -0.2) is 4.79 Å². The van der Waals surface area contributed by atoms with Crippen molar-refractivity contribution in [1.82, 2.24) is 10.2 Å². The van der Waals surface area contributed by atoms with Crippen molar-refractivity contribution in [3.05, 3.63) is 52.4 Å². The molecule has 1 aromatic rings. The zero-order valence-electron chi connectivity index (χ0n) is 16.4. The van der Waals surface area contributed by atoms with Gasteiger partial charge in [-0.3, -0.25) is 14.5 Å². The molecule has 0 aromatic heterocycles. The third-order valence-corrected chi connectivity index (χ3v) is 5.59. The molecule has 1 heterocycles. The second-order valence-electron chi connectivity index (χ2n) is 6.67. The van der Waals surface area contributed by atoms with Crippen LogP contribution in [-0.2, 0) is 14.4 Å². The van der Waals surface area contributed by atoms with Crippen LogP contribution in [0.1, 0.15) is 38.7 Å². The Bertz CT molecular complexity index is 849. The van der Waals surface area contributed by atoms with E-state index in [1.807, 2.05) is 50.3 Å². The van der Waals surface area contributed by atoms with E-state index in [4.69, 9.17) is 12.2 Å². The number of hydrogen-bond acceptors (Lipinski definition) is 5. The standard InChI is InChI=1S/C21H24N2O4S2/c1-3-4-10-16(20(26)27)22-18(24)13-23-19(25)17(29-21(23)28)12-14(2)11-15-8-6-5-7-9-15/h5-9,11-12,16H,3-4,10,13H2,1-2H3,(H,22,24)(H,26,27)/b14-11+,17-12-. The molecule has 2 amide bonds. The molecule has 1 fully saturated rings. The highest BCUT2D eigenvalue weighted by Crippen LogP contribution is 2.31. The fourth-order valence-corrected chi connectivity index (χ4v) is 4.05. The number of aliphatic carboxylic acids is 1. The molecule has 29 heavy (non-hydrogen) atoms. The molecule has 0 aliphatic carbocycles. The fraction of sp³-hybridized carbons (Fsp3) is 0.333. The van der Waals surface area contributed by atoms with Crippen LogP contribution < -0.4 is 5.32 Å². The first-order valence-corrected chi connectivity index (χ1v) is 10.5. The summed E-state index contributed by atoms with van der Waals surface area (Å²) in [6.45, 7) is 3.54. The maximum absolute atomic E-state index is 12.7. The molecule has 1 aliphatic heterocycles. The fourth-order valence-electron chi connectivity index (χ4n) is 2.75. The van der Waals surface area contributed by atoms with Crippen molar-refractivity contribution in [3.8, 4) is 0 Å². The lowest BCUT2D eigenvalue weighted by molar-refractivity contribution is -0.142. The normalized spacial score (nSPS) is 17.0. The van der Waals surface area contributed by atoms with Crippen molar-refractivity contribution in [3.63, 3.8) is 0 Å². The smallest absolute Gasteiger partial charge is 0.326 e. The average molecular weight is 433 g/mol. The Morgan fingerprint density at radius 2 is 2.00 bits per heavy atom. The van der Waals surface area contributed by atoms with E-state index in [9.17, 15) is 19.5 Å². The van der Waals surface area contributed by atoms with Crippen molar-refractivity contribution in [2.45, 2.75) is 39.2 Å². The van der Waals surface area contributed by atoms with Gasteiger partial charge in [0.15, 0.2) is 0 Å². The van der Waals surface area contributed by atoms with Crippen LogP contribution in [0, 0.1) is 0 Å². The van der Waals surface area contributed by atoms with E-state index in [0.717, 1.165) is 29.3 Å². The van der Waals surface area contributed by atoms with Gasteiger partial charge in [0.25, 0.3) is 5.91 Å². The minimum atomic E-state index is -1.08. The Labute approximate surface area is 180 Å². The van der Waals surface area contributed by atoms with Gasteiger partial charge in [-0.1, -0.05) is 80.2 Å². The summed E-state index contributed by atoms with van der Waals surface area (Å²) in [5.41, 5.74) is 1.90. The monoisotopic (exact) mass is 432 g/mol. The second-order valence-corrected chi connectivity index (χ2v) is 8.34. The molecule has 1 aromatic carbocycles. The van der Waals surface area contributed by atoms with Gasteiger partial charge in [-0.2, -0.15) is 0 Å². The molecule has 2 rings (SSSR count). The van der Waals surface area contributed by atoms with Gasteiger partial charge in [0.05, 0.1) is 4.91 Å². The number of allylic oxidation sites excluding steroid dienone is 2. The van der Waals surface area contributed by atoms with Crippen LogP contribution >= 0.6 is 24.0 Å². The molecule has 6 nitrogen and oxygen atoms in total. The van der Waals surface area contributed by atoms with Crippen molar-refractivity contribution >= 4 is 52.2 Å². The molecule has 1 saturated heterocycles. The van der Waals surface area contributed by atoms with Gasteiger partial charge >= 0.3 is 5.97 Å². The van der Waals surface area contributed by atoms with Crippen LogP contribution in [0.4, 0.5) is 0 Å². The highest BCUT2D eigenvalue weighted by molar-refractivity contribution is 8.26. The number of carboxylic acids is 1. The largest absolute Gasteiger partial charge is 0.480 e. The van der Waals surface area contributed by atoms with Gasteiger partial charge in [0.1, 0.15) is 16.9 Å². The Balaban J connectivity index is 2.03. The molecule has 1 unspecified atom stereocenters. The van der Waals surface area contributed by atoms with Gasteiger partial charge in [0.2, 0.25) is 5.91 Å².